The number of hydrogen-bond acceptors (Lipinski definition) is 5. The third-order valence-corrected chi connectivity index (χ3v) is 5.45. The van der Waals surface area contributed by atoms with Gasteiger partial charge >= 0.3 is 0 Å². The highest BCUT2D eigenvalue weighted by Crippen LogP contribution is 2.28. The number of rotatable bonds is 5. The molecule has 0 saturated carbocycles. The number of aromatic nitrogens is 1. The Morgan fingerprint density at radius 3 is 2.43 bits per heavy atom. The smallest absolute Gasteiger partial charge is 0.270 e. The summed E-state index contributed by atoms with van der Waals surface area (Å²) in [5, 5.41) is 4.17. The second-order valence-corrected chi connectivity index (χ2v) is 7.48. The van der Waals surface area contributed by atoms with Crippen molar-refractivity contribution in [3.8, 4) is 17.0 Å². The Kier molecular flexibility index (Phi) is 5.72. The van der Waals surface area contributed by atoms with Gasteiger partial charge in [-0.2, -0.15) is 0 Å². The number of carbonyl (C=O) groups is 2. The van der Waals surface area contributed by atoms with Crippen molar-refractivity contribution in [1.82, 2.24) is 15.8 Å². The summed E-state index contributed by atoms with van der Waals surface area (Å²) < 4.78 is 5.35. The Bertz CT molecular complexity index is 1200. The lowest BCUT2D eigenvalue weighted by atomic mass is 10.0. The minimum Gasteiger partial charge on any atom is -0.496 e. The standard InChI is InChI=1S/C23H19N3O3S/c1-29-20-12-11-18(16-9-5-6-10-17(16)20)23(28)26-25-21(27)13-22-24-19(14-30-22)15-7-3-2-4-8-15/h2-12,14H,13H2,1H3,(H,25,27)(H,26,28). The second-order valence-electron chi connectivity index (χ2n) is 6.53. The number of fused-ring (bicyclic) bond motifs is 1. The highest BCUT2D eigenvalue weighted by Gasteiger charge is 2.14. The molecule has 0 atom stereocenters. The number of nitrogens with one attached hydrogen (secondary N) is 2. The van der Waals surface area contributed by atoms with Crippen LogP contribution in [0.3, 0.4) is 0 Å². The molecule has 0 spiro atoms. The minimum atomic E-state index is -0.397. The first-order chi connectivity index (χ1) is 14.7. The molecule has 0 radical (unpaired) electrons. The van der Waals surface area contributed by atoms with Gasteiger partial charge in [0.15, 0.2) is 0 Å². The molecule has 1 aromatic heterocycles. The van der Waals surface area contributed by atoms with Crippen LogP contribution in [0.5, 0.6) is 5.75 Å². The summed E-state index contributed by atoms with van der Waals surface area (Å²) in [6.45, 7) is 0. The molecule has 1 heterocycles. The molecule has 0 aliphatic heterocycles. The fourth-order valence-corrected chi connectivity index (χ4v) is 3.96. The van der Waals surface area contributed by atoms with E-state index in [2.05, 4.69) is 15.8 Å². The number of thiazole rings is 1. The van der Waals surface area contributed by atoms with Gasteiger partial charge in [0.2, 0.25) is 5.91 Å². The van der Waals surface area contributed by atoms with Gasteiger partial charge in [0.1, 0.15) is 10.8 Å². The zero-order valence-electron chi connectivity index (χ0n) is 16.2. The van der Waals surface area contributed by atoms with E-state index < -0.39 is 5.91 Å². The Morgan fingerprint density at radius 1 is 0.933 bits per heavy atom. The van der Waals surface area contributed by atoms with Crippen LogP contribution in [-0.4, -0.2) is 23.9 Å². The first kappa shape index (κ1) is 19.6. The van der Waals surface area contributed by atoms with Crippen molar-refractivity contribution in [1.29, 1.82) is 0 Å². The van der Waals surface area contributed by atoms with Gasteiger partial charge in [-0.1, -0.05) is 54.6 Å². The first-order valence-electron chi connectivity index (χ1n) is 9.30. The Balaban J connectivity index is 1.41. The van der Waals surface area contributed by atoms with Crippen LogP contribution in [0.2, 0.25) is 0 Å². The molecule has 30 heavy (non-hydrogen) atoms. The Hall–Kier alpha value is -3.71. The van der Waals surface area contributed by atoms with Crippen molar-refractivity contribution < 1.29 is 14.3 Å². The normalized spacial score (nSPS) is 10.6. The maximum Gasteiger partial charge on any atom is 0.270 e. The molecular weight excluding hydrogens is 398 g/mol. The Labute approximate surface area is 177 Å². The number of ether oxygens (including phenoxy) is 1. The lowest BCUT2D eigenvalue weighted by Gasteiger charge is -2.11. The monoisotopic (exact) mass is 417 g/mol. The van der Waals surface area contributed by atoms with E-state index in [4.69, 9.17) is 4.74 Å². The van der Waals surface area contributed by atoms with Gasteiger partial charge in [-0.25, -0.2) is 4.98 Å². The molecule has 0 unspecified atom stereocenters. The van der Waals surface area contributed by atoms with Gasteiger partial charge in [0.05, 0.1) is 19.2 Å². The SMILES string of the molecule is COc1ccc(C(=O)NNC(=O)Cc2nc(-c3ccccc3)cs2)c2ccccc12. The molecule has 0 bridgehead atoms. The van der Waals surface area contributed by atoms with E-state index in [1.54, 1.807) is 19.2 Å². The van der Waals surface area contributed by atoms with Crippen LogP contribution in [0, 0.1) is 0 Å². The number of carbonyl (C=O) groups excluding carboxylic acids is 2. The van der Waals surface area contributed by atoms with Crippen LogP contribution in [0.1, 0.15) is 15.4 Å². The van der Waals surface area contributed by atoms with Crippen LogP contribution in [0.25, 0.3) is 22.0 Å². The van der Waals surface area contributed by atoms with E-state index in [9.17, 15) is 9.59 Å². The van der Waals surface area contributed by atoms with Crippen LogP contribution < -0.4 is 15.6 Å². The third kappa shape index (κ3) is 4.16. The van der Waals surface area contributed by atoms with Crippen molar-refractivity contribution in [3.63, 3.8) is 0 Å². The lowest BCUT2D eigenvalue weighted by molar-refractivity contribution is -0.121. The van der Waals surface area contributed by atoms with Crippen LogP contribution >= 0.6 is 11.3 Å². The molecule has 150 valence electrons. The second kappa shape index (κ2) is 8.75. The minimum absolute atomic E-state index is 0.0845. The largest absolute Gasteiger partial charge is 0.496 e. The van der Waals surface area contributed by atoms with E-state index >= 15 is 0 Å². The Morgan fingerprint density at radius 2 is 1.67 bits per heavy atom. The fourth-order valence-electron chi connectivity index (χ4n) is 3.16. The average molecular weight is 417 g/mol. The summed E-state index contributed by atoms with van der Waals surface area (Å²) in [4.78, 5) is 29.4. The van der Waals surface area contributed by atoms with Gasteiger partial charge in [-0.15, -0.1) is 11.3 Å². The highest BCUT2D eigenvalue weighted by molar-refractivity contribution is 7.10. The highest BCUT2D eigenvalue weighted by atomic mass is 32.1. The van der Waals surface area contributed by atoms with Crippen LogP contribution in [0.4, 0.5) is 0 Å². The van der Waals surface area contributed by atoms with Gasteiger partial charge in [0, 0.05) is 21.9 Å². The summed E-state index contributed by atoms with van der Waals surface area (Å²) in [7, 11) is 1.59. The molecule has 0 aliphatic carbocycles. The van der Waals surface area contributed by atoms with Gasteiger partial charge in [0.25, 0.3) is 5.91 Å². The number of amides is 2. The summed E-state index contributed by atoms with van der Waals surface area (Å²) in [6.07, 6.45) is 0.0845. The fraction of sp³-hybridized carbons (Fsp3) is 0.0870. The van der Waals surface area contributed by atoms with E-state index in [1.807, 2.05) is 60.0 Å². The van der Waals surface area contributed by atoms with E-state index in [0.29, 0.717) is 16.3 Å². The van der Waals surface area contributed by atoms with E-state index in [1.165, 1.54) is 11.3 Å². The lowest BCUT2D eigenvalue weighted by Crippen LogP contribution is -2.42. The third-order valence-electron chi connectivity index (χ3n) is 4.60. The molecule has 2 N–H and O–H groups in total. The molecule has 2 amide bonds. The van der Waals surface area contributed by atoms with Crippen molar-refractivity contribution >= 4 is 33.9 Å². The maximum atomic E-state index is 12.6. The number of hydrogen-bond donors (Lipinski definition) is 2. The van der Waals surface area contributed by atoms with Crippen molar-refractivity contribution in [3.05, 3.63) is 82.7 Å². The molecule has 6 nitrogen and oxygen atoms in total. The van der Waals surface area contributed by atoms with Gasteiger partial charge in [-0.3, -0.25) is 20.4 Å². The predicted octanol–water partition coefficient (Wildman–Crippen LogP) is 3.98. The topological polar surface area (TPSA) is 80.3 Å². The summed E-state index contributed by atoms with van der Waals surface area (Å²) in [5.74, 6) is -0.0504. The number of nitrogens with zero attached hydrogens (tertiary/aromatic N) is 1. The molecule has 3 aromatic carbocycles. The van der Waals surface area contributed by atoms with Crippen molar-refractivity contribution in [2.24, 2.45) is 0 Å². The number of benzene rings is 3. The van der Waals surface area contributed by atoms with Gasteiger partial charge < -0.3 is 4.74 Å². The van der Waals surface area contributed by atoms with Crippen molar-refractivity contribution in [2.75, 3.05) is 7.11 Å². The number of hydrazine groups is 1. The van der Waals surface area contributed by atoms with E-state index in [0.717, 1.165) is 22.0 Å². The summed E-state index contributed by atoms with van der Waals surface area (Å²) in [6, 6.07) is 20.6. The van der Waals surface area contributed by atoms with Crippen LogP contribution in [-0.2, 0) is 11.2 Å². The average Bonchev–Trinajstić information content (AvgIpc) is 3.25. The quantitative estimate of drug-likeness (QED) is 0.482. The van der Waals surface area contributed by atoms with Crippen molar-refractivity contribution in [2.45, 2.75) is 6.42 Å². The number of methoxy groups -OCH3 is 1. The van der Waals surface area contributed by atoms with E-state index in [-0.39, 0.29) is 12.3 Å². The molecule has 0 aliphatic rings. The van der Waals surface area contributed by atoms with Crippen LogP contribution in [0.15, 0.2) is 72.1 Å². The first-order valence-corrected chi connectivity index (χ1v) is 10.2. The molecule has 0 fully saturated rings. The molecule has 7 heteroatoms. The maximum absolute atomic E-state index is 12.6. The molecule has 0 saturated heterocycles. The van der Waals surface area contributed by atoms with Gasteiger partial charge in [-0.05, 0) is 17.5 Å². The zero-order valence-corrected chi connectivity index (χ0v) is 17.0. The zero-order chi connectivity index (χ0) is 20.9. The molecule has 4 rings (SSSR count). The molecular formula is C23H19N3O3S. The summed E-state index contributed by atoms with van der Waals surface area (Å²) in [5.41, 5.74) is 7.24. The predicted molar refractivity (Wildman–Crippen MR) is 117 cm³/mol. The summed E-state index contributed by atoms with van der Waals surface area (Å²) >= 11 is 1.41. The molecule has 4 aromatic rings.